The van der Waals surface area contributed by atoms with Crippen LogP contribution in [0.5, 0.6) is 0 Å². The van der Waals surface area contributed by atoms with Crippen LogP contribution in [0, 0.1) is 11.7 Å². The first-order valence-electron chi connectivity index (χ1n) is 7.79. The van der Waals surface area contributed by atoms with Gasteiger partial charge in [-0.1, -0.05) is 23.7 Å². The molecule has 0 spiro atoms. The number of fused-ring (bicyclic) bond motifs is 1. The predicted molar refractivity (Wildman–Crippen MR) is 80.3 cm³/mol. The largest absolute Gasteiger partial charge is 0.332 e. The molecule has 2 N–H and O–H groups in total. The van der Waals surface area contributed by atoms with Crippen LogP contribution in [-0.2, 0) is 6.42 Å². The molecule has 0 unspecified atom stereocenters. The number of benzene rings is 1. The van der Waals surface area contributed by atoms with Crippen molar-refractivity contribution in [1.82, 2.24) is 15.5 Å². The minimum Gasteiger partial charge on any atom is -0.332 e. The van der Waals surface area contributed by atoms with E-state index in [1.54, 1.807) is 12.1 Å². The number of hydrogen-bond donors (Lipinski definition) is 2. The fourth-order valence-corrected chi connectivity index (χ4v) is 3.46. The van der Waals surface area contributed by atoms with E-state index in [0.717, 1.165) is 18.4 Å². The van der Waals surface area contributed by atoms with Gasteiger partial charge in [0.05, 0.1) is 0 Å². The number of carbonyl (C=O) groups is 1. The molecule has 2 aromatic rings. The molecule has 2 aliphatic carbocycles. The van der Waals surface area contributed by atoms with Crippen LogP contribution in [0.3, 0.4) is 0 Å². The second-order valence-corrected chi connectivity index (χ2v) is 6.35. The smallest absolute Gasteiger partial charge is 0.329 e. The number of halogens is 1. The fourth-order valence-electron chi connectivity index (χ4n) is 3.46. The summed E-state index contributed by atoms with van der Waals surface area (Å²) >= 11 is 0. The molecular weight excluding hydrogens is 299 g/mol. The van der Waals surface area contributed by atoms with Crippen molar-refractivity contribution in [3.63, 3.8) is 0 Å². The molecule has 1 aromatic carbocycles. The van der Waals surface area contributed by atoms with Gasteiger partial charge in [-0.05, 0) is 42.9 Å². The number of carbonyl (C=O) groups excluding carboxylic acids is 1. The Bertz CT molecular complexity index is 730. The van der Waals surface area contributed by atoms with Crippen molar-refractivity contribution in [3.05, 3.63) is 41.5 Å². The van der Waals surface area contributed by atoms with E-state index in [2.05, 4.69) is 20.8 Å². The summed E-state index contributed by atoms with van der Waals surface area (Å²) in [4.78, 5) is 16.1. The molecule has 1 heterocycles. The van der Waals surface area contributed by atoms with Crippen LogP contribution >= 0.6 is 0 Å². The first-order valence-corrected chi connectivity index (χ1v) is 7.79. The maximum atomic E-state index is 12.9. The summed E-state index contributed by atoms with van der Waals surface area (Å²) in [5, 5.41) is 9.43. The van der Waals surface area contributed by atoms with Gasteiger partial charge in [0.15, 0.2) is 5.82 Å². The summed E-state index contributed by atoms with van der Waals surface area (Å²) in [5.41, 5.74) is 0.870. The average molecular weight is 316 g/mol. The molecule has 6 nitrogen and oxygen atoms in total. The summed E-state index contributed by atoms with van der Waals surface area (Å²) in [6, 6.07) is 5.87. The van der Waals surface area contributed by atoms with Gasteiger partial charge in [-0.15, -0.1) is 0 Å². The third-order valence-electron chi connectivity index (χ3n) is 4.73. The van der Waals surface area contributed by atoms with Gasteiger partial charge in [-0.3, -0.25) is 5.32 Å². The summed E-state index contributed by atoms with van der Waals surface area (Å²) in [7, 11) is 0. The quantitative estimate of drug-likeness (QED) is 0.909. The number of urea groups is 1. The molecule has 0 aliphatic heterocycles. The lowest BCUT2D eigenvalue weighted by Crippen LogP contribution is -2.39. The summed E-state index contributed by atoms with van der Waals surface area (Å²) in [6.45, 7) is 0. The first kappa shape index (κ1) is 14.2. The van der Waals surface area contributed by atoms with Gasteiger partial charge in [-0.2, -0.15) is 4.98 Å². The van der Waals surface area contributed by atoms with Crippen LogP contribution in [0.2, 0.25) is 0 Å². The average Bonchev–Trinajstić information content (AvgIpc) is 2.84. The topological polar surface area (TPSA) is 80.1 Å². The molecule has 1 aromatic heterocycles. The highest BCUT2D eigenvalue weighted by molar-refractivity contribution is 5.88. The number of hydrogen-bond acceptors (Lipinski definition) is 4. The number of aromatic nitrogens is 2. The molecule has 2 saturated carbocycles. The molecular formula is C16H17FN4O2. The maximum absolute atomic E-state index is 12.9. The van der Waals surface area contributed by atoms with Crippen LogP contribution in [0.4, 0.5) is 15.2 Å². The number of nitrogens with zero attached hydrogens (tertiary/aromatic N) is 2. The summed E-state index contributed by atoms with van der Waals surface area (Å²) < 4.78 is 17.9. The van der Waals surface area contributed by atoms with E-state index >= 15 is 0 Å². The zero-order chi connectivity index (χ0) is 15.9. The lowest BCUT2D eigenvalue weighted by Gasteiger charge is -2.13. The van der Waals surface area contributed by atoms with Crippen LogP contribution in [-0.4, -0.2) is 21.7 Å². The zero-order valence-electron chi connectivity index (χ0n) is 12.5. The molecule has 2 atom stereocenters. The number of nitrogens with one attached hydrogen (secondary N) is 2. The van der Waals surface area contributed by atoms with Crippen molar-refractivity contribution in [2.24, 2.45) is 5.92 Å². The van der Waals surface area contributed by atoms with Crippen LogP contribution in [0.1, 0.15) is 37.1 Å². The second kappa shape index (κ2) is 5.33. The molecule has 0 radical (unpaired) electrons. The van der Waals surface area contributed by atoms with Crippen LogP contribution in [0.15, 0.2) is 28.8 Å². The van der Waals surface area contributed by atoms with Crippen molar-refractivity contribution in [2.45, 2.75) is 37.6 Å². The molecule has 7 heteroatoms. The van der Waals surface area contributed by atoms with Gasteiger partial charge in [0, 0.05) is 12.0 Å². The Kier molecular flexibility index (Phi) is 3.28. The Morgan fingerprint density at radius 2 is 2.22 bits per heavy atom. The lowest BCUT2D eigenvalue weighted by molar-refractivity contribution is 0.245. The molecule has 2 aliphatic rings. The highest BCUT2D eigenvalue weighted by Crippen LogP contribution is 2.55. The minimum absolute atomic E-state index is 0.00104. The highest BCUT2D eigenvalue weighted by Gasteiger charge is 2.57. The van der Waals surface area contributed by atoms with E-state index in [1.165, 1.54) is 25.0 Å². The summed E-state index contributed by atoms with van der Waals surface area (Å²) in [6.07, 6.45) is 4.90. The minimum atomic E-state index is -0.300. The van der Waals surface area contributed by atoms with Crippen LogP contribution in [0.25, 0.3) is 0 Å². The summed E-state index contributed by atoms with van der Waals surface area (Å²) in [5.74, 6) is 0.783. The lowest BCUT2D eigenvalue weighted by atomic mass is 10.1. The Labute approximate surface area is 132 Å². The zero-order valence-corrected chi connectivity index (χ0v) is 12.5. The highest BCUT2D eigenvalue weighted by atomic mass is 19.1. The molecule has 2 amide bonds. The number of amides is 2. The van der Waals surface area contributed by atoms with Gasteiger partial charge >= 0.3 is 12.0 Å². The fraction of sp³-hybridized carbons (Fsp3) is 0.438. The van der Waals surface area contributed by atoms with E-state index in [-0.39, 0.29) is 23.4 Å². The SMILES string of the molecule is O=C(Nc1nc(Cc2ccc(F)cc2)no1)N[C@@]12CCC[C@@H]1C2. The van der Waals surface area contributed by atoms with Crippen molar-refractivity contribution >= 4 is 12.0 Å². The monoisotopic (exact) mass is 316 g/mol. The molecule has 23 heavy (non-hydrogen) atoms. The Hall–Kier alpha value is -2.44. The van der Waals surface area contributed by atoms with E-state index in [0.29, 0.717) is 18.2 Å². The number of rotatable bonds is 4. The molecule has 2 fully saturated rings. The predicted octanol–water partition coefficient (Wildman–Crippen LogP) is 2.86. The van der Waals surface area contributed by atoms with E-state index in [1.807, 2.05) is 0 Å². The van der Waals surface area contributed by atoms with Crippen molar-refractivity contribution in [2.75, 3.05) is 5.32 Å². The first-order chi connectivity index (χ1) is 11.1. The Morgan fingerprint density at radius 3 is 2.91 bits per heavy atom. The molecule has 0 bridgehead atoms. The maximum Gasteiger partial charge on any atom is 0.329 e. The number of anilines is 1. The Balaban J connectivity index is 1.34. The van der Waals surface area contributed by atoms with Gasteiger partial charge in [0.25, 0.3) is 0 Å². The van der Waals surface area contributed by atoms with E-state index < -0.39 is 0 Å². The van der Waals surface area contributed by atoms with Crippen molar-refractivity contribution < 1.29 is 13.7 Å². The van der Waals surface area contributed by atoms with E-state index in [4.69, 9.17) is 4.52 Å². The van der Waals surface area contributed by atoms with Gasteiger partial charge in [0.1, 0.15) is 5.82 Å². The Morgan fingerprint density at radius 1 is 1.39 bits per heavy atom. The third-order valence-corrected chi connectivity index (χ3v) is 4.73. The van der Waals surface area contributed by atoms with Crippen molar-refractivity contribution in [1.29, 1.82) is 0 Å². The second-order valence-electron chi connectivity index (χ2n) is 6.35. The van der Waals surface area contributed by atoms with Crippen LogP contribution < -0.4 is 10.6 Å². The normalized spacial score (nSPS) is 25.0. The van der Waals surface area contributed by atoms with Crippen molar-refractivity contribution in [3.8, 4) is 0 Å². The van der Waals surface area contributed by atoms with E-state index in [9.17, 15) is 9.18 Å². The van der Waals surface area contributed by atoms with Gasteiger partial charge < -0.3 is 9.84 Å². The molecule has 4 rings (SSSR count). The van der Waals surface area contributed by atoms with Gasteiger partial charge in [-0.25, -0.2) is 9.18 Å². The standard InChI is InChI=1S/C16H17FN4O2/c17-12-5-3-10(4-6-12)8-13-18-15(23-21-13)19-14(22)20-16-7-1-2-11(16)9-16/h3-6,11H,1-2,7-9H2,(H2,18,19,20,21,22)/t11-,16-/m1/s1. The van der Waals surface area contributed by atoms with Gasteiger partial charge in [0.2, 0.25) is 0 Å². The third kappa shape index (κ3) is 2.91. The molecule has 120 valence electrons. The molecule has 0 saturated heterocycles.